The van der Waals surface area contributed by atoms with Crippen molar-refractivity contribution >= 4 is 61.2 Å². The van der Waals surface area contributed by atoms with Crippen LogP contribution in [0.3, 0.4) is 0 Å². The quantitative estimate of drug-likeness (QED) is 0.174. The molecule has 1 unspecified atom stereocenters. The van der Waals surface area contributed by atoms with Gasteiger partial charge in [0, 0.05) is 8.95 Å². The molecule has 0 bridgehead atoms. The van der Waals surface area contributed by atoms with Gasteiger partial charge in [0.2, 0.25) is 0 Å². The van der Waals surface area contributed by atoms with Crippen molar-refractivity contribution in [3.05, 3.63) is 51.4 Å². The Labute approximate surface area is 176 Å². The molecule has 0 aliphatic carbocycles. The van der Waals surface area contributed by atoms with Crippen molar-refractivity contribution in [1.82, 2.24) is 0 Å². The number of phosphoric acid groups is 1. The summed E-state index contributed by atoms with van der Waals surface area (Å²) in [4.78, 5) is 0. The van der Waals surface area contributed by atoms with E-state index in [2.05, 4.69) is 50.1 Å². The molecule has 0 amide bonds. The number of fused-ring (bicyclic) bond motifs is 2. The molecule has 27 heavy (non-hydrogen) atoms. The first-order valence-corrected chi connectivity index (χ1v) is 11.9. The summed E-state index contributed by atoms with van der Waals surface area (Å²) in [6.07, 6.45) is 1.75. The van der Waals surface area contributed by atoms with E-state index in [1.165, 1.54) is 0 Å². The van der Waals surface area contributed by atoms with Crippen molar-refractivity contribution in [2.24, 2.45) is 0 Å². The number of halogens is 2. The highest BCUT2D eigenvalue weighted by atomic mass is 79.9. The van der Waals surface area contributed by atoms with E-state index in [0.717, 1.165) is 43.3 Å². The molecule has 3 aromatic carbocycles. The predicted octanol–water partition coefficient (Wildman–Crippen LogP) is 7.86. The number of hydrogen-bond donors (Lipinski definition) is 0. The number of phosphoric ester groups is 1. The summed E-state index contributed by atoms with van der Waals surface area (Å²) < 4.78 is 31.2. The van der Waals surface area contributed by atoms with E-state index in [1.807, 2.05) is 25.1 Å². The van der Waals surface area contributed by atoms with Crippen LogP contribution in [0.15, 0.2) is 51.4 Å². The first kappa shape index (κ1) is 20.8. The van der Waals surface area contributed by atoms with Gasteiger partial charge in [-0.25, -0.2) is 4.57 Å². The van der Waals surface area contributed by atoms with Crippen molar-refractivity contribution in [3.63, 3.8) is 0 Å². The lowest BCUT2D eigenvalue weighted by Gasteiger charge is -2.18. The Hall–Kier alpha value is -0.910. The van der Waals surface area contributed by atoms with Gasteiger partial charge in [-0.05, 0) is 97.1 Å². The van der Waals surface area contributed by atoms with E-state index in [1.54, 1.807) is 13.0 Å². The molecule has 0 aromatic heterocycles. The molecule has 144 valence electrons. The smallest absolute Gasteiger partial charge is 0.404 e. The molecule has 4 nitrogen and oxygen atoms in total. The van der Waals surface area contributed by atoms with Crippen LogP contribution in [0.25, 0.3) is 21.5 Å². The first-order valence-electron chi connectivity index (χ1n) is 8.86. The molecule has 0 heterocycles. The highest BCUT2D eigenvalue weighted by molar-refractivity contribution is 9.13. The molecule has 0 aliphatic heterocycles. The molecule has 1 atom stereocenters. The summed E-state index contributed by atoms with van der Waals surface area (Å²) in [5.41, 5.74) is 0. The van der Waals surface area contributed by atoms with Gasteiger partial charge < -0.3 is 4.52 Å². The molecule has 0 spiro atoms. The summed E-state index contributed by atoms with van der Waals surface area (Å²) in [7, 11) is -3.63. The van der Waals surface area contributed by atoms with Crippen LogP contribution in [0.2, 0.25) is 0 Å². The Morgan fingerprint density at radius 2 is 1.70 bits per heavy atom. The topological polar surface area (TPSA) is 44.8 Å². The van der Waals surface area contributed by atoms with Crippen LogP contribution in [0, 0.1) is 0 Å². The summed E-state index contributed by atoms with van der Waals surface area (Å²) in [6, 6.07) is 13.8. The second-order valence-electron chi connectivity index (χ2n) is 6.09. The molecule has 0 fully saturated rings. The maximum atomic E-state index is 12.8. The van der Waals surface area contributed by atoms with Crippen molar-refractivity contribution in [2.45, 2.75) is 26.7 Å². The maximum absolute atomic E-state index is 12.8. The lowest BCUT2D eigenvalue weighted by molar-refractivity contribution is 0.159. The van der Waals surface area contributed by atoms with Crippen molar-refractivity contribution < 1.29 is 18.1 Å². The van der Waals surface area contributed by atoms with Gasteiger partial charge in [-0.3, -0.25) is 9.05 Å². The fourth-order valence-electron chi connectivity index (χ4n) is 2.74. The van der Waals surface area contributed by atoms with Gasteiger partial charge >= 0.3 is 7.82 Å². The Morgan fingerprint density at radius 1 is 0.926 bits per heavy atom. The predicted molar refractivity (Wildman–Crippen MR) is 118 cm³/mol. The van der Waals surface area contributed by atoms with Gasteiger partial charge in [-0.15, -0.1) is 0 Å². The van der Waals surface area contributed by atoms with E-state index in [0.29, 0.717) is 12.4 Å². The summed E-state index contributed by atoms with van der Waals surface area (Å²) in [6.45, 7) is 4.40. The molecule has 0 N–H and O–H groups in total. The third-order valence-corrected chi connectivity index (χ3v) is 7.64. The van der Waals surface area contributed by atoms with Gasteiger partial charge in [0.25, 0.3) is 0 Å². The van der Waals surface area contributed by atoms with Gasteiger partial charge in [0.05, 0.1) is 13.2 Å². The zero-order valence-electron chi connectivity index (χ0n) is 15.2. The molecule has 3 aromatic rings. The summed E-state index contributed by atoms with van der Waals surface area (Å²) >= 11 is 7.17. The molecule has 0 saturated heterocycles. The minimum Gasteiger partial charge on any atom is -0.404 e. The molecule has 0 radical (unpaired) electrons. The summed E-state index contributed by atoms with van der Waals surface area (Å²) in [5.74, 6) is 0.464. The third-order valence-electron chi connectivity index (χ3n) is 4.09. The monoisotopic (exact) mass is 514 g/mol. The van der Waals surface area contributed by atoms with Gasteiger partial charge in [0.1, 0.15) is 5.75 Å². The van der Waals surface area contributed by atoms with Gasteiger partial charge in [-0.1, -0.05) is 25.5 Å². The largest absolute Gasteiger partial charge is 0.530 e. The highest BCUT2D eigenvalue weighted by Gasteiger charge is 2.27. The number of benzene rings is 3. The standard InChI is InChI=1S/C20H21Br2O4P/c1-3-5-10-25-27(23,24-4-2)26-17-8-6-14-13-18-15(11-16(14)12-17)7-9-19(21)20(18)22/h6-9,11-13H,3-5,10H2,1-2H3. The van der Waals surface area contributed by atoms with Crippen LogP contribution in [0.4, 0.5) is 0 Å². The number of unbranched alkanes of at least 4 members (excludes halogenated alkanes) is 1. The Balaban J connectivity index is 1.94. The van der Waals surface area contributed by atoms with E-state index in [4.69, 9.17) is 13.6 Å². The first-order chi connectivity index (χ1) is 13.0. The van der Waals surface area contributed by atoms with Crippen LogP contribution in [0.1, 0.15) is 26.7 Å². The van der Waals surface area contributed by atoms with Crippen LogP contribution >= 0.6 is 39.7 Å². The van der Waals surface area contributed by atoms with E-state index >= 15 is 0 Å². The van der Waals surface area contributed by atoms with Crippen LogP contribution < -0.4 is 4.52 Å². The average molecular weight is 516 g/mol. The van der Waals surface area contributed by atoms with Gasteiger partial charge in [-0.2, -0.15) is 0 Å². The molecule has 0 saturated carbocycles. The minimum atomic E-state index is -3.63. The minimum absolute atomic E-state index is 0.254. The molecular formula is C20H21Br2O4P. The molecule has 0 aliphatic rings. The second-order valence-corrected chi connectivity index (χ2v) is 9.33. The third kappa shape index (κ3) is 4.93. The number of rotatable bonds is 8. The second kappa shape index (κ2) is 9.06. The van der Waals surface area contributed by atoms with Crippen molar-refractivity contribution in [1.29, 1.82) is 0 Å². The van der Waals surface area contributed by atoms with Crippen molar-refractivity contribution in [2.75, 3.05) is 13.2 Å². The fourth-order valence-corrected chi connectivity index (χ4v) is 4.78. The summed E-state index contributed by atoms with van der Waals surface area (Å²) in [5, 5.41) is 4.27. The SMILES string of the molecule is CCCCOP(=O)(OCC)Oc1ccc2cc3c(Br)c(Br)ccc3cc2c1. The fraction of sp³-hybridized carbons (Fsp3) is 0.300. The van der Waals surface area contributed by atoms with E-state index in [9.17, 15) is 4.57 Å². The lowest BCUT2D eigenvalue weighted by atomic mass is 10.0. The van der Waals surface area contributed by atoms with Gasteiger partial charge in [0.15, 0.2) is 0 Å². The zero-order chi connectivity index (χ0) is 19.4. The normalized spacial score (nSPS) is 13.8. The zero-order valence-corrected chi connectivity index (χ0v) is 19.3. The van der Waals surface area contributed by atoms with Crippen LogP contribution in [-0.2, 0) is 13.6 Å². The maximum Gasteiger partial charge on any atom is 0.530 e. The van der Waals surface area contributed by atoms with Crippen LogP contribution in [-0.4, -0.2) is 13.2 Å². The Morgan fingerprint density at radius 3 is 2.44 bits per heavy atom. The Kier molecular flexibility index (Phi) is 6.98. The Bertz CT molecular complexity index is 1010. The van der Waals surface area contributed by atoms with Crippen molar-refractivity contribution in [3.8, 4) is 5.75 Å². The number of hydrogen-bond acceptors (Lipinski definition) is 4. The molecule has 7 heteroatoms. The molecular weight excluding hydrogens is 495 g/mol. The lowest BCUT2D eigenvalue weighted by Crippen LogP contribution is -2.03. The highest BCUT2D eigenvalue weighted by Crippen LogP contribution is 2.50. The van der Waals surface area contributed by atoms with E-state index < -0.39 is 7.82 Å². The van der Waals surface area contributed by atoms with E-state index in [-0.39, 0.29) is 6.61 Å². The average Bonchev–Trinajstić information content (AvgIpc) is 2.64. The molecule has 3 rings (SSSR count). The van der Waals surface area contributed by atoms with Crippen LogP contribution in [0.5, 0.6) is 5.75 Å².